The van der Waals surface area contributed by atoms with Crippen molar-refractivity contribution >= 4 is 16.7 Å². The number of amides is 1. The largest absolute Gasteiger partial charge is 0.348 e. The number of carbonyl (C=O) groups is 1. The van der Waals surface area contributed by atoms with Gasteiger partial charge in [0.1, 0.15) is 5.69 Å². The second-order valence-corrected chi connectivity index (χ2v) is 7.28. The molecule has 4 heteroatoms. The Kier molecular flexibility index (Phi) is 4.13. The number of carbonyl (C=O) groups excluding carboxylic acids is 1. The fourth-order valence-electron chi connectivity index (χ4n) is 3.78. The summed E-state index contributed by atoms with van der Waals surface area (Å²) in [5.74, 6) is 0.404. The zero-order valence-corrected chi connectivity index (χ0v) is 14.0. The van der Waals surface area contributed by atoms with Crippen molar-refractivity contribution in [2.45, 2.75) is 57.5 Å². The quantitative estimate of drug-likeness (QED) is 0.936. The van der Waals surface area contributed by atoms with Gasteiger partial charge in [-0.2, -0.15) is 0 Å². The molecule has 0 radical (unpaired) electrons. The van der Waals surface area contributed by atoms with E-state index < -0.39 is 0 Å². The van der Waals surface area contributed by atoms with Crippen LogP contribution in [0, 0.1) is 5.92 Å². The number of nitrogens with one attached hydrogen (secondary N) is 1. The number of pyridine rings is 1. The summed E-state index contributed by atoms with van der Waals surface area (Å²) in [4.78, 5) is 25.7. The highest BCUT2D eigenvalue weighted by Crippen LogP contribution is 2.26. The van der Waals surface area contributed by atoms with E-state index in [9.17, 15) is 9.59 Å². The number of benzene rings is 1. The summed E-state index contributed by atoms with van der Waals surface area (Å²) in [7, 11) is 0. The molecule has 126 valence electrons. The van der Waals surface area contributed by atoms with Gasteiger partial charge in [-0.25, -0.2) is 0 Å². The van der Waals surface area contributed by atoms with Gasteiger partial charge in [0.05, 0.1) is 0 Å². The third-order valence-corrected chi connectivity index (χ3v) is 5.33. The predicted molar refractivity (Wildman–Crippen MR) is 95.3 cm³/mol. The van der Waals surface area contributed by atoms with Crippen molar-refractivity contribution < 1.29 is 4.79 Å². The Morgan fingerprint density at radius 1 is 1.08 bits per heavy atom. The Morgan fingerprint density at radius 3 is 2.58 bits per heavy atom. The summed E-state index contributed by atoms with van der Waals surface area (Å²) in [5, 5.41) is 4.60. The van der Waals surface area contributed by atoms with Crippen LogP contribution in [0.5, 0.6) is 0 Å². The van der Waals surface area contributed by atoms with E-state index in [1.807, 2.05) is 30.3 Å². The lowest BCUT2D eigenvalue weighted by atomic mass is 9.89. The number of nitrogens with zero attached hydrogens (tertiary/aromatic N) is 1. The zero-order valence-electron chi connectivity index (χ0n) is 14.0. The molecule has 1 amide bonds. The summed E-state index contributed by atoms with van der Waals surface area (Å²) in [5.41, 5.74) is 0.496. The van der Waals surface area contributed by atoms with E-state index in [2.05, 4.69) is 5.32 Å². The van der Waals surface area contributed by atoms with Crippen molar-refractivity contribution in [3.63, 3.8) is 0 Å². The summed E-state index contributed by atoms with van der Waals surface area (Å²) < 4.78 is 1.73. The van der Waals surface area contributed by atoms with E-state index in [1.165, 1.54) is 19.3 Å². The third kappa shape index (κ3) is 3.10. The van der Waals surface area contributed by atoms with E-state index in [1.54, 1.807) is 4.57 Å². The van der Waals surface area contributed by atoms with Crippen molar-refractivity contribution in [2.75, 3.05) is 0 Å². The van der Waals surface area contributed by atoms with Gasteiger partial charge in [0.2, 0.25) is 0 Å². The molecule has 24 heavy (non-hydrogen) atoms. The van der Waals surface area contributed by atoms with Gasteiger partial charge in [-0.1, -0.05) is 37.5 Å². The van der Waals surface area contributed by atoms with E-state index in [4.69, 9.17) is 0 Å². The van der Waals surface area contributed by atoms with Crippen LogP contribution >= 0.6 is 0 Å². The van der Waals surface area contributed by atoms with Gasteiger partial charge in [0.25, 0.3) is 11.5 Å². The van der Waals surface area contributed by atoms with Crippen LogP contribution in [-0.2, 0) is 6.54 Å². The van der Waals surface area contributed by atoms with Gasteiger partial charge < -0.3 is 9.88 Å². The maximum absolute atomic E-state index is 13.0. The van der Waals surface area contributed by atoms with E-state index in [-0.39, 0.29) is 11.5 Å². The van der Waals surface area contributed by atoms with Crippen LogP contribution in [0.15, 0.2) is 35.1 Å². The average molecular weight is 324 g/mol. The zero-order chi connectivity index (χ0) is 16.5. The first-order chi connectivity index (χ1) is 11.7. The van der Waals surface area contributed by atoms with Gasteiger partial charge in [-0.3, -0.25) is 9.59 Å². The summed E-state index contributed by atoms with van der Waals surface area (Å²) in [6, 6.07) is 9.75. The smallest absolute Gasteiger partial charge is 0.268 e. The van der Waals surface area contributed by atoms with Gasteiger partial charge >= 0.3 is 0 Å². The van der Waals surface area contributed by atoms with Gasteiger partial charge in [0.15, 0.2) is 0 Å². The molecule has 1 heterocycles. The summed E-state index contributed by atoms with van der Waals surface area (Å²) in [6.45, 7) is 0.664. The second kappa shape index (κ2) is 6.42. The topological polar surface area (TPSA) is 51.1 Å². The van der Waals surface area contributed by atoms with E-state index >= 15 is 0 Å². The lowest BCUT2D eigenvalue weighted by Crippen LogP contribution is -2.35. The molecule has 0 atom stereocenters. The Balaban J connectivity index is 1.76. The van der Waals surface area contributed by atoms with Crippen molar-refractivity contribution in [1.82, 2.24) is 9.88 Å². The van der Waals surface area contributed by atoms with Crippen LogP contribution in [0.4, 0.5) is 0 Å². The predicted octanol–water partition coefficient (Wildman–Crippen LogP) is 3.47. The first-order valence-corrected chi connectivity index (χ1v) is 9.16. The minimum Gasteiger partial charge on any atom is -0.348 e. The summed E-state index contributed by atoms with van der Waals surface area (Å²) in [6.07, 6.45) is 8.16. The Labute approximate surface area is 141 Å². The maximum Gasteiger partial charge on any atom is 0.268 e. The van der Waals surface area contributed by atoms with Crippen LogP contribution < -0.4 is 10.9 Å². The Bertz CT molecular complexity index is 814. The molecule has 2 fully saturated rings. The first-order valence-electron chi connectivity index (χ1n) is 9.16. The number of rotatable bonds is 4. The molecule has 0 unspecified atom stereocenters. The molecular formula is C20H24N2O2. The Morgan fingerprint density at radius 2 is 1.83 bits per heavy atom. The highest BCUT2D eigenvalue weighted by molar-refractivity contribution is 5.97. The average Bonchev–Trinajstić information content (AvgIpc) is 3.42. The van der Waals surface area contributed by atoms with E-state index in [0.717, 1.165) is 31.1 Å². The molecular weight excluding hydrogens is 300 g/mol. The molecule has 1 aromatic heterocycles. The van der Waals surface area contributed by atoms with Crippen LogP contribution in [-0.4, -0.2) is 16.5 Å². The Hall–Kier alpha value is -2.10. The highest BCUT2D eigenvalue weighted by atomic mass is 16.2. The molecule has 2 aliphatic carbocycles. The third-order valence-electron chi connectivity index (χ3n) is 5.33. The minimum atomic E-state index is -0.101. The molecule has 1 aromatic carbocycles. The van der Waals surface area contributed by atoms with Crippen LogP contribution in [0.25, 0.3) is 10.8 Å². The molecule has 2 aromatic rings. The first kappa shape index (κ1) is 15.4. The van der Waals surface area contributed by atoms with Crippen molar-refractivity contribution in [3.8, 4) is 0 Å². The van der Waals surface area contributed by atoms with Crippen LogP contribution in [0.3, 0.4) is 0 Å². The normalized spacial score (nSPS) is 18.7. The molecule has 0 bridgehead atoms. The lowest BCUT2D eigenvalue weighted by molar-refractivity contribution is 0.0938. The molecule has 1 N–H and O–H groups in total. The molecule has 4 rings (SSSR count). The molecule has 2 aliphatic rings. The number of fused-ring (bicyclic) bond motifs is 1. The van der Waals surface area contributed by atoms with Crippen LogP contribution in [0.2, 0.25) is 0 Å². The minimum absolute atomic E-state index is 0.0281. The highest BCUT2D eigenvalue weighted by Gasteiger charge is 2.26. The lowest BCUT2D eigenvalue weighted by Gasteiger charge is -2.24. The number of aromatic nitrogens is 1. The summed E-state index contributed by atoms with van der Waals surface area (Å²) >= 11 is 0. The standard InChI is InChI=1S/C20H24N2O2/c23-19(21-16-10-11-16)18-12-15-8-4-5-9-17(15)20(24)22(18)13-14-6-2-1-3-7-14/h4-5,8-9,12,14,16H,1-3,6-7,10-11,13H2,(H,21,23). The SMILES string of the molecule is O=C(NC1CC1)c1cc2ccccc2c(=O)n1CC1CCCCC1. The van der Waals surface area contributed by atoms with Gasteiger partial charge in [0, 0.05) is 18.0 Å². The molecule has 4 nitrogen and oxygen atoms in total. The fourth-order valence-corrected chi connectivity index (χ4v) is 3.78. The monoisotopic (exact) mass is 324 g/mol. The maximum atomic E-state index is 13.0. The molecule has 0 aliphatic heterocycles. The van der Waals surface area contributed by atoms with Crippen molar-refractivity contribution in [2.24, 2.45) is 5.92 Å². The fraction of sp³-hybridized carbons (Fsp3) is 0.500. The molecule has 0 spiro atoms. The number of hydrogen-bond acceptors (Lipinski definition) is 2. The second-order valence-electron chi connectivity index (χ2n) is 7.28. The number of hydrogen-bond donors (Lipinski definition) is 1. The van der Waals surface area contributed by atoms with E-state index in [0.29, 0.717) is 29.6 Å². The van der Waals surface area contributed by atoms with Crippen molar-refractivity contribution in [1.29, 1.82) is 0 Å². The molecule has 2 saturated carbocycles. The van der Waals surface area contributed by atoms with Gasteiger partial charge in [-0.15, -0.1) is 0 Å². The van der Waals surface area contributed by atoms with Crippen molar-refractivity contribution in [3.05, 3.63) is 46.4 Å². The van der Waals surface area contributed by atoms with Crippen LogP contribution in [0.1, 0.15) is 55.4 Å². The van der Waals surface area contributed by atoms with Gasteiger partial charge in [-0.05, 0) is 49.1 Å². The molecule has 0 saturated heterocycles.